The normalized spacial score (nSPS) is 20.8. The molecule has 0 atom stereocenters. The number of pyridine rings is 1. The van der Waals surface area contributed by atoms with E-state index in [2.05, 4.69) is 10.3 Å². The van der Waals surface area contributed by atoms with Gasteiger partial charge in [0.2, 0.25) is 0 Å². The molecule has 21 heavy (non-hydrogen) atoms. The van der Waals surface area contributed by atoms with Crippen molar-refractivity contribution < 1.29 is 9.59 Å². The summed E-state index contributed by atoms with van der Waals surface area (Å²) < 4.78 is 0. The van der Waals surface area contributed by atoms with Gasteiger partial charge in [-0.2, -0.15) is 0 Å². The largest absolute Gasteiger partial charge is 0.351 e. The zero-order valence-electron chi connectivity index (χ0n) is 11.8. The van der Waals surface area contributed by atoms with E-state index in [0.29, 0.717) is 25.3 Å². The van der Waals surface area contributed by atoms with Crippen LogP contribution in [-0.4, -0.2) is 58.6 Å². The van der Waals surface area contributed by atoms with Crippen molar-refractivity contribution in [3.05, 3.63) is 30.1 Å². The molecule has 0 bridgehead atoms. The minimum atomic E-state index is -0.395. The predicted molar refractivity (Wildman–Crippen MR) is 76.4 cm³/mol. The maximum absolute atomic E-state index is 12.4. The average molecular weight is 289 g/mol. The molecule has 1 spiro atoms. The van der Waals surface area contributed by atoms with Crippen LogP contribution in [0.4, 0.5) is 4.79 Å². The van der Waals surface area contributed by atoms with Crippen LogP contribution in [0.15, 0.2) is 24.5 Å². The number of hydrogen-bond donors (Lipinski definition) is 2. The molecule has 2 saturated heterocycles. The van der Waals surface area contributed by atoms with E-state index >= 15 is 0 Å². The third-order valence-electron chi connectivity index (χ3n) is 4.47. The van der Waals surface area contributed by atoms with Crippen LogP contribution in [0, 0.1) is 0 Å². The summed E-state index contributed by atoms with van der Waals surface area (Å²) in [6, 6.07) is 3.05. The molecular weight excluding hydrogens is 270 g/mol. The highest BCUT2D eigenvalue weighted by atomic mass is 16.2. The number of amides is 3. The minimum Gasteiger partial charge on any atom is -0.351 e. The first kappa shape index (κ1) is 13.8. The Morgan fingerprint density at radius 3 is 2.52 bits per heavy atom. The van der Waals surface area contributed by atoms with Crippen molar-refractivity contribution in [2.45, 2.75) is 18.4 Å². The molecule has 0 radical (unpaired) electrons. The lowest BCUT2D eigenvalue weighted by Crippen LogP contribution is -2.57. The van der Waals surface area contributed by atoms with Gasteiger partial charge in [-0.1, -0.05) is 0 Å². The Bertz CT molecular complexity index is 540. The highest BCUT2D eigenvalue weighted by Gasteiger charge is 2.45. The van der Waals surface area contributed by atoms with Crippen molar-refractivity contribution in [2.24, 2.45) is 5.73 Å². The van der Waals surface area contributed by atoms with Crippen LogP contribution in [0.5, 0.6) is 0 Å². The zero-order valence-corrected chi connectivity index (χ0v) is 11.8. The third kappa shape index (κ3) is 2.44. The van der Waals surface area contributed by atoms with Gasteiger partial charge in [0.15, 0.2) is 0 Å². The number of carbonyl (C=O) groups is 2. The van der Waals surface area contributed by atoms with Crippen molar-refractivity contribution in [1.82, 2.24) is 20.1 Å². The molecule has 2 fully saturated rings. The second-order valence-corrected chi connectivity index (χ2v) is 5.60. The molecule has 3 rings (SSSR count). The zero-order chi connectivity index (χ0) is 14.9. The van der Waals surface area contributed by atoms with Crippen molar-refractivity contribution in [3.63, 3.8) is 0 Å². The molecule has 7 heteroatoms. The predicted octanol–water partition coefficient (Wildman–Crippen LogP) is -0.00220. The van der Waals surface area contributed by atoms with E-state index in [4.69, 9.17) is 5.73 Å². The van der Waals surface area contributed by atoms with Gasteiger partial charge in [0.25, 0.3) is 5.91 Å². The van der Waals surface area contributed by atoms with E-state index < -0.39 is 6.03 Å². The molecule has 0 saturated carbocycles. The van der Waals surface area contributed by atoms with Gasteiger partial charge < -0.3 is 15.5 Å². The van der Waals surface area contributed by atoms with Crippen LogP contribution in [0.1, 0.15) is 23.2 Å². The quantitative estimate of drug-likeness (QED) is 0.761. The Balaban J connectivity index is 1.68. The number of nitrogens with zero attached hydrogens (tertiary/aromatic N) is 3. The maximum Gasteiger partial charge on any atom is 0.316 e. The topological polar surface area (TPSA) is 91.6 Å². The monoisotopic (exact) mass is 289 g/mol. The Morgan fingerprint density at radius 2 is 1.90 bits per heavy atom. The lowest BCUT2D eigenvalue weighted by Gasteiger charge is -2.43. The smallest absolute Gasteiger partial charge is 0.316 e. The fraction of sp³-hybridized carbons (Fsp3) is 0.500. The molecular formula is C14H19N5O2. The molecule has 3 N–H and O–H groups in total. The fourth-order valence-electron chi connectivity index (χ4n) is 3.22. The number of rotatable bonds is 1. The number of nitrogens with two attached hydrogens (primary N) is 1. The fourth-order valence-corrected chi connectivity index (χ4v) is 3.22. The molecule has 0 aliphatic carbocycles. The Kier molecular flexibility index (Phi) is 3.50. The molecule has 2 aliphatic heterocycles. The number of nitrogens with one attached hydrogen (secondary N) is 1. The van der Waals surface area contributed by atoms with Crippen LogP contribution in [0.25, 0.3) is 0 Å². The van der Waals surface area contributed by atoms with Crippen LogP contribution >= 0.6 is 0 Å². The maximum atomic E-state index is 12.4. The molecule has 0 aromatic carbocycles. The second kappa shape index (κ2) is 5.33. The SMILES string of the molecule is NC(=O)N1CNCC12CCN(C(=O)c1ccncc1)CC2. The first-order chi connectivity index (χ1) is 10.1. The number of likely N-dealkylation sites (tertiary alicyclic amines) is 1. The lowest BCUT2D eigenvalue weighted by molar-refractivity contribution is 0.0550. The van der Waals surface area contributed by atoms with Crippen LogP contribution < -0.4 is 11.1 Å². The third-order valence-corrected chi connectivity index (χ3v) is 4.47. The first-order valence-electron chi connectivity index (χ1n) is 7.09. The number of carbonyl (C=O) groups excluding carboxylic acids is 2. The molecule has 3 heterocycles. The Hall–Kier alpha value is -2.15. The van der Waals surface area contributed by atoms with Crippen molar-refractivity contribution >= 4 is 11.9 Å². The van der Waals surface area contributed by atoms with E-state index in [9.17, 15) is 9.59 Å². The summed E-state index contributed by atoms with van der Waals surface area (Å²) in [6.07, 6.45) is 4.74. The summed E-state index contributed by atoms with van der Waals surface area (Å²) in [4.78, 5) is 31.4. The van der Waals surface area contributed by atoms with Gasteiger partial charge in [-0.25, -0.2) is 4.79 Å². The van der Waals surface area contributed by atoms with E-state index in [1.54, 1.807) is 29.4 Å². The van der Waals surface area contributed by atoms with Crippen LogP contribution in [-0.2, 0) is 0 Å². The number of aromatic nitrogens is 1. The van der Waals surface area contributed by atoms with Crippen molar-refractivity contribution in [1.29, 1.82) is 0 Å². The molecule has 3 amide bonds. The highest BCUT2D eigenvalue weighted by molar-refractivity contribution is 5.94. The van der Waals surface area contributed by atoms with E-state index in [0.717, 1.165) is 19.4 Å². The number of hydrogen-bond acceptors (Lipinski definition) is 4. The van der Waals surface area contributed by atoms with Crippen LogP contribution in [0.3, 0.4) is 0 Å². The van der Waals surface area contributed by atoms with Gasteiger partial charge in [0.05, 0.1) is 12.2 Å². The van der Waals surface area contributed by atoms with Gasteiger partial charge in [0, 0.05) is 37.6 Å². The Morgan fingerprint density at radius 1 is 1.24 bits per heavy atom. The summed E-state index contributed by atoms with van der Waals surface area (Å²) in [5, 5.41) is 3.20. The van der Waals surface area contributed by atoms with Gasteiger partial charge in [-0.3, -0.25) is 15.1 Å². The van der Waals surface area contributed by atoms with Crippen molar-refractivity contribution in [2.75, 3.05) is 26.3 Å². The van der Waals surface area contributed by atoms with E-state index in [-0.39, 0.29) is 11.4 Å². The summed E-state index contributed by atoms with van der Waals surface area (Å²) in [7, 11) is 0. The van der Waals surface area contributed by atoms with Gasteiger partial charge >= 0.3 is 6.03 Å². The van der Waals surface area contributed by atoms with E-state index in [1.165, 1.54) is 0 Å². The standard InChI is InChI=1S/C14H19N5O2/c15-13(21)19-10-17-9-14(19)3-7-18(8-4-14)12(20)11-1-5-16-6-2-11/h1-2,5-6,17H,3-4,7-10H2,(H2,15,21). The second-order valence-electron chi connectivity index (χ2n) is 5.60. The molecule has 0 unspecified atom stereocenters. The molecule has 112 valence electrons. The molecule has 1 aromatic heterocycles. The summed E-state index contributed by atoms with van der Waals surface area (Å²) in [6.45, 7) is 2.50. The number of primary amides is 1. The minimum absolute atomic E-state index is 0.0174. The Labute approximate surface area is 123 Å². The molecule has 7 nitrogen and oxygen atoms in total. The number of urea groups is 1. The van der Waals surface area contributed by atoms with Gasteiger partial charge in [0.1, 0.15) is 0 Å². The molecule has 1 aromatic rings. The highest BCUT2D eigenvalue weighted by Crippen LogP contribution is 2.31. The number of piperidine rings is 1. The summed E-state index contributed by atoms with van der Waals surface area (Å²) in [5.41, 5.74) is 5.86. The summed E-state index contributed by atoms with van der Waals surface area (Å²) >= 11 is 0. The van der Waals surface area contributed by atoms with Crippen molar-refractivity contribution in [3.8, 4) is 0 Å². The molecule has 2 aliphatic rings. The van der Waals surface area contributed by atoms with Gasteiger partial charge in [-0.15, -0.1) is 0 Å². The first-order valence-corrected chi connectivity index (χ1v) is 7.09. The average Bonchev–Trinajstić information content (AvgIpc) is 2.92. The van der Waals surface area contributed by atoms with Gasteiger partial charge in [-0.05, 0) is 25.0 Å². The summed E-state index contributed by atoms with van der Waals surface area (Å²) in [5.74, 6) is 0.0174. The lowest BCUT2D eigenvalue weighted by atomic mass is 9.87. The van der Waals surface area contributed by atoms with Crippen LogP contribution in [0.2, 0.25) is 0 Å². The van der Waals surface area contributed by atoms with E-state index in [1.807, 2.05) is 4.90 Å².